The number of hydrogen-bond donors (Lipinski definition) is 1. The Labute approximate surface area is 145 Å². The smallest absolute Gasteiger partial charge is 0.279 e. The van der Waals surface area contributed by atoms with E-state index < -0.39 is 4.92 Å². The van der Waals surface area contributed by atoms with E-state index in [1.54, 1.807) is 30.3 Å². The van der Waals surface area contributed by atoms with Gasteiger partial charge in [-0.1, -0.05) is 41.7 Å². The van der Waals surface area contributed by atoms with E-state index in [1.807, 2.05) is 12.1 Å². The number of nitro benzene ring substituents is 1. The van der Waals surface area contributed by atoms with Crippen molar-refractivity contribution in [1.29, 1.82) is 0 Å². The topological polar surface area (TPSA) is 110 Å². The van der Waals surface area contributed by atoms with Crippen LogP contribution in [0, 0.1) is 10.1 Å². The zero-order valence-corrected chi connectivity index (χ0v) is 13.4. The van der Waals surface area contributed by atoms with Crippen LogP contribution in [0.4, 0.5) is 16.5 Å². The van der Waals surface area contributed by atoms with Crippen molar-refractivity contribution >= 4 is 39.5 Å². The first-order valence-corrected chi connectivity index (χ1v) is 8.02. The van der Waals surface area contributed by atoms with Crippen LogP contribution in [0.5, 0.6) is 0 Å². The van der Waals surface area contributed by atoms with Gasteiger partial charge in [0.05, 0.1) is 16.2 Å². The van der Waals surface area contributed by atoms with E-state index >= 15 is 0 Å². The largest absolute Gasteiger partial charge is 0.320 e. The highest BCUT2D eigenvalue weighted by molar-refractivity contribution is 7.18. The summed E-state index contributed by atoms with van der Waals surface area (Å²) < 4.78 is 0. The third-order valence-electron chi connectivity index (χ3n) is 3.60. The third kappa shape index (κ3) is 2.66. The van der Waals surface area contributed by atoms with Gasteiger partial charge in [-0.3, -0.25) is 14.9 Å². The van der Waals surface area contributed by atoms with Crippen LogP contribution in [-0.2, 0) is 4.79 Å². The van der Waals surface area contributed by atoms with Gasteiger partial charge in [-0.25, -0.2) is 4.99 Å². The maximum Gasteiger partial charge on any atom is 0.279 e. The Morgan fingerprint density at radius 2 is 1.76 bits per heavy atom. The fourth-order valence-corrected chi connectivity index (χ4v) is 3.25. The molecular weight excluding hydrogens is 342 g/mol. The molecule has 1 aliphatic rings. The van der Waals surface area contributed by atoms with E-state index in [0.717, 1.165) is 11.3 Å². The number of nitro groups is 1. The summed E-state index contributed by atoms with van der Waals surface area (Å²) >= 11 is 1.09. The number of rotatable bonds is 3. The Bertz CT molecular complexity index is 1040. The van der Waals surface area contributed by atoms with Crippen molar-refractivity contribution in [3.05, 3.63) is 64.2 Å². The van der Waals surface area contributed by atoms with Crippen LogP contribution < -0.4 is 5.32 Å². The molecule has 122 valence electrons. The average molecular weight is 351 g/mol. The summed E-state index contributed by atoms with van der Waals surface area (Å²) in [4.78, 5) is 27.0. The lowest BCUT2D eigenvalue weighted by molar-refractivity contribution is -0.384. The molecule has 1 aliphatic heterocycles. The van der Waals surface area contributed by atoms with Gasteiger partial charge in [0.1, 0.15) is 5.71 Å². The van der Waals surface area contributed by atoms with Crippen LogP contribution in [-0.4, -0.2) is 26.7 Å². The van der Waals surface area contributed by atoms with Crippen LogP contribution in [0.3, 0.4) is 0 Å². The summed E-state index contributed by atoms with van der Waals surface area (Å²) in [6.45, 7) is 0. The van der Waals surface area contributed by atoms with E-state index in [1.165, 1.54) is 6.07 Å². The van der Waals surface area contributed by atoms with E-state index in [-0.39, 0.29) is 22.4 Å². The molecule has 0 bridgehead atoms. The van der Waals surface area contributed by atoms with E-state index in [9.17, 15) is 14.9 Å². The lowest BCUT2D eigenvalue weighted by Gasteiger charge is -1.96. The number of hydrogen-bond acceptors (Lipinski definition) is 7. The molecule has 0 radical (unpaired) electrons. The molecule has 0 fully saturated rings. The second-order valence-corrected chi connectivity index (χ2v) is 6.08. The Balaban J connectivity index is 1.74. The molecule has 8 nitrogen and oxygen atoms in total. The van der Waals surface area contributed by atoms with Crippen molar-refractivity contribution in [3.8, 4) is 10.6 Å². The summed E-state index contributed by atoms with van der Waals surface area (Å²) in [5, 5.41) is 22.4. The van der Waals surface area contributed by atoms with Crippen LogP contribution in [0.25, 0.3) is 10.6 Å². The van der Waals surface area contributed by atoms with Crippen molar-refractivity contribution < 1.29 is 9.72 Å². The predicted molar refractivity (Wildman–Crippen MR) is 93.3 cm³/mol. The number of benzene rings is 2. The van der Waals surface area contributed by atoms with Gasteiger partial charge >= 0.3 is 0 Å². The fourth-order valence-electron chi connectivity index (χ4n) is 2.49. The number of aromatic nitrogens is 2. The first-order chi connectivity index (χ1) is 12.1. The number of carbonyl (C=O) groups excluding carboxylic acids is 1. The predicted octanol–water partition coefficient (Wildman–Crippen LogP) is 3.19. The van der Waals surface area contributed by atoms with Crippen molar-refractivity contribution in [2.24, 2.45) is 4.99 Å². The van der Waals surface area contributed by atoms with E-state index in [4.69, 9.17) is 0 Å². The number of aliphatic imine (C=N–C) groups is 1. The molecule has 0 saturated carbocycles. The second-order valence-electron chi connectivity index (χ2n) is 5.12. The lowest BCUT2D eigenvalue weighted by Crippen LogP contribution is -2.13. The summed E-state index contributed by atoms with van der Waals surface area (Å²) in [6, 6.07) is 13.5. The first kappa shape index (κ1) is 15.1. The van der Waals surface area contributed by atoms with Gasteiger partial charge in [0, 0.05) is 11.6 Å². The number of nitrogens with one attached hydrogen (secondary N) is 1. The monoisotopic (exact) mass is 351 g/mol. The number of carbonyl (C=O) groups is 1. The fraction of sp³-hybridized carbons (Fsp3) is 0. The SMILES string of the molecule is O=C1Nc2ccccc2/C1=N\c1nnc(-c2ccccc2[N+](=O)[O-])s1. The van der Waals surface area contributed by atoms with Gasteiger partial charge in [-0.15, -0.1) is 10.2 Å². The highest BCUT2D eigenvalue weighted by Crippen LogP contribution is 2.35. The molecule has 1 aromatic heterocycles. The number of fused-ring (bicyclic) bond motifs is 1. The maximum atomic E-state index is 12.1. The van der Waals surface area contributed by atoms with Crippen LogP contribution >= 0.6 is 11.3 Å². The molecule has 3 aromatic rings. The Morgan fingerprint density at radius 3 is 2.56 bits per heavy atom. The minimum absolute atomic E-state index is 0.0539. The zero-order valence-electron chi connectivity index (χ0n) is 12.5. The third-order valence-corrected chi connectivity index (χ3v) is 4.45. The molecule has 2 heterocycles. The van der Waals surface area contributed by atoms with Gasteiger partial charge < -0.3 is 5.32 Å². The van der Waals surface area contributed by atoms with Crippen molar-refractivity contribution in [2.75, 3.05) is 5.32 Å². The number of amides is 1. The Morgan fingerprint density at radius 1 is 1.04 bits per heavy atom. The van der Waals surface area contributed by atoms with Gasteiger partial charge in [0.25, 0.3) is 11.6 Å². The van der Waals surface area contributed by atoms with Crippen LogP contribution in [0.2, 0.25) is 0 Å². The molecule has 0 aliphatic carbocycles. The number of anilines is 1. The molecule has 9 heteroatoms. The van der Waals surface area contributed by atoms with Crippen molar-refractivity contribution in [1.82, 2.24) is 10.2 Å². The molecule has 1 N–H and O–H groups in total. The highest BCUT2D eigenvalue weighted by atomic mass is 32.1. The average Bonchev–Trinajstić information content (AvgIpc) is 3.20. The first-order valence-electron chi connectivity index (χ1n) is 7.20. The Hall–Kier alpha value is -3.46. The molecular formula is C16H9N5O3S. The number of nitrogens with zero attached hydrogens (tertiary/aromatic N) is 4. The normalized spacial score (nSPS) is 14.4. The Kier molecular flexibility index (Phi) is 3.55. The van der Waals surface area contributed by atoms with Crippen molar-refractivity contribution in [2.45, 2.75) is 0 Å². The molecule has 25 heavy (non-hydrogen) atoms. The standard InChI is InChI=1S/C16H9N5O3S/c22-14-13(9-5-1-3-7-11(9)17-14)18-16-20-19-15(25-16)10-6-2-4-8-12(10)21(23)24/h1-8H,(H,17,18,20,22). The quantitative estimate of drug-likeness (QED) is 0.575. The summed E-state index contributed by atoms with van der Waals surface area (Å²) in [6.07, 6.45) is 0. The minimum Gasteiger partial charge on any atom is -0.320 e. The van der Waals surface area contributed by atoms with Crippen molar-refractivity contribution in [3.63, 3.8) is 0 Å². The molecule has 0 saturated heterocycles. The maximum absolute atomic E-state index is 12.1. The molecule has 0 spiro atoms. The van der Waals surface area contributed by atoms with Gasteiger partial charge in [0.15, 0.2) is 5.01 Å². The second kappa shape index (κ2) is 5.87. The summed E-state index contributed by atoms with van der Waals surface area (Å²) in [5.41, 5.74) is 1.94. The molecule has 0 unspecified atom stereocenters. The van der Waals surface area contributed by atoms with Gasteiger partial charge in [-0.2, -0.15) is 0 Å². The molecule has 2 aromatic carbocycles. The molecule has 0 atom stereocenters. The van der Waals surface area contributed by atoms with Crippen LogP contribution in [0.15, 0.2) is 53.5 Å². The summed E-state index contributed by atoms with van der Waals surface area (Å²) in [5.74, 6) is -0.316. The van der Waals surface area contributed by atoms with Gasteiger partial charge in [0.2, 0.25) is 5.13 Å². The minimum atomic E-state index is -0.469. The highest BCUT2D eigenvalue weighted by Gasteiger charge is 2.26. The summed E-state index contributed by atoms with van der Waals surface area (Å²) in [7, 11) is 0. The van der Waals surface area contributed by atoms with E-state index in [0.29, 0.717) is 21.8 Å². The van der Waals surface area contributed by atoms with E-state index in [2.05, 4.69) is 20.5 Å². The van der Waals surface area contributed by atoms with Crippen LogP contribution in [0.1, 0.15) is 5.56 Å². The molecule has 4 rings (SSSR count). The number of para-hydroxylation sites is 2. The van der Waals surface area contributed by atoms with Gasteiger partial charge in [-0.05, 0) is 12.1 Å². The zero-order chi connectivity index (χ0) is 17.4. The molecule has 1 amide bonds. The lowest BCUT2D eigenvalue weighted by atomic mass is 10.1.